The largest absolute Gasteiger partial charge is 0.505 e. The fourth-order valence-electron chi connectivity index (χ4n) is 4.08. The molecule has 2 heterocycles. The summed E-state index contributed by atoms with van der Waals surface area (Å²) in [6.45, 7) is 10.5. The molecule has 1 aromatic carbocycles. The molecule has 12 heteroatoms. The monoisotopic (exact) mass is 526 g/mol. The fourth-order valence-corrected chi connectivity index (χ4v) is 6.17. The van der Waals surface area contributed by atoms with E-state index in [9.17, 15) is 23.2 Å². The van der Waals surface area contributed by atoms with Crippen molar-refractivity contribution in [2.45, 2.75) is 59.4 Å². The van der Waals surface area contributed by atoms with Crippen LogP contribution in [-0.4, -0.2) is 42.4 Å². The number of sulfonamides is 1. The van der Waals surface area contributed by atoms with Gasteiger partial charge in [-0.3, -0.25) is 9.29 Å². The Morgan fingerprint density at radius 2 is 1.94 bits per heavy atom. The van der Waals surface area contributed by atoms with Gasteiger partial charge in [0.15, 0.2) is 11.6 Å². The van der Waals surface area contributed by atoms with Gasteiger partial charge < -0.3 is 24.6 Å². The first kappa shape index (κ1) is 27.1. The molecule has 1 aromatic heterocycles. The van der Waals surface area contributed by atoms with Crippen LogP contribution >= 0.6 is 7.52 Å². The van der Waals surface area contributed by atoms with Crippen LogP contribution in [0.15, 0.2) is 23.0 Å². The van der Waals surface area contributed by atoms with Crippen molar-refractivity contribution in [3.05, 3.63) is 29.5 Å². The van der Waals surface area contributed by atoms with E-state index >= 15 is 0 Å². The summed E-state index contributed by atoms with van der Waals surface area (Å²) in [6.07, 6.45) is 2.81. The first-order chi connectivity index (χ1) is 16.1. The second-order valence-electron chi connectivity index (χ2n) is 9.98. The molecule has 10 nitrogen and oxygen atoms in total. The van der Waals surface area contributed by atoms with Crippen LogP contribution in [0, 0.1) is 5.92 Å². The second-order valence-corrected chi connectivity index (χ2v) is 13.8. The summed E-state index contributed by atoms with van der Waals surface area (Å²) in [7, 11) is -6.17. The Labute approximate surface area is 207 Å². The van der Waals surface area contributed by atoms with E-state index in [4.69, 9.17) is 4.52 Å². The molecule has 2 aromatic rings. The molecule has 0 aliphatic carbocycles. The van der Waals surface area contributed by atoms with Crippen LogP contribution in [0.1, 0.15) is 58.7 Å². The lowest BCUT2D eigenvalue weighted by Crippen LogP contribution is -2.26. The molecule has 3 rings (SSSR count). The molecule has 2 atom stereocenters. The highest BCUT2D eigenvalue weighted by molar-refractivity contribution is 7.92. The number of aromatic hydroxyl groups is 2. The van der Waals surface area contributed by atoms with Gasteiger partial charge in [-0.05, 0) is 30.5 Å². The Morgan fingerprint density at radius 1 is 1.29 bits per heavy atom. The van der Waals surface area contributed by atoms with Crippen LogP contribution in [0.25, 0.3) is 0 Å². The van der Waals surface area contributed by atoms with E-state index in [0.29, 0.717) is 23.8 Å². The number of benzene rings is 1. The van der Waals surface area contributed by atoms with Crippen molar-refractivity contribution >= 4 is 40.1 Å². The molecule has 194 valence electrons. The number of nitrogens with zero attached hydrogens (tertiary/aromatic N) is 2. The van der Waals surface area contributed by atoms with E-state index in [1.165, 1.54) is 19.2 Å². The number of fused-ring (bicyclic) bond motifs is 1. The molecule has 0 spiro atoms. The number of rotatable bonds is 8. The quantitative estimate of drug-likeness (QED) is 0.375. The van der Waals surface area contributed by atoms with Crippen LogP contribution in [0.4, 0.5) is 11.4 Å². The number of hydrogen-bond donors (Lipinski definition) is 4. The number of amidine groups is 1. The first-order valence-corrected chi connectivity index (χ1v) is 14.9. The highest BCUT2D eigenvalue weighted by atomic mass is 32.2. The molecule has 0 saturated heterocycles. The van der Waals surface area contributed by atoms with Gasteiger partial charge in [0.05, 0.1) is 22.9 Å². The smallest absolute Gasteiger partial charge is 0.348 e. The van der Waals surface area contributed by atoms with Crippen LogP contribution < -0.4 is 15.3 Å². The average molecular weight is 527 g/mol. The van der Waals surface area contributed by atoms with Crippen molar-refractivity contribution in [1.82, 2.24) is 4.57 Å². The summed E-state index contributed by atoms with van der Waals surface area (Å²) in [5.74, 6) is 0.111. The van der Waals surface area contributed by atoms with Gasteiger partial charge in [0, 0.05) is 24.8 Å². The van der Waals surface area contributed by atoms with Gasteiger partial charge in [-0.1, -0.05) is 41.0 Å². The number of nitrogens with one attached hydrogen (secondary N) is 2. The van der Waals surface area contributed by atoms with Crippen LogP contribution in [0.3, 0.4) is 0 Å². The third-order valence-electron chi connectivity index (χ3n) is 6.04. The maximum absolute atomic E-state index is 13.7. The van der Waals surface area contributed by atoms with Gasteiger partial charge in [-0.2, -0.15) is 4.76 Å². The van der Waals surface area contributed by atoms with E-state index in [1.807, 2.05) is 20.8 Å². The zero-order valence-corrected chi connectivity index (χ0v) is 22.9. The molecule has 1 aliphatic heterocycles. The molecule has 0 amide bonds. The van der Waals surface area contributed by atoms with Gasteiger partial charge in [0.2, 0.25) is 15.9 Å². The zero-order chi connectivity index (χ0) is 26.3. The molecule has 0 fully saturated rings. The highest BCUT2D eigenvalue weighted by Gasteiger charge is 2.38. The van der Waals surface area contributed by atoms with Crippen LogP contribution in [0.2, 0.25) is 0 Å². The van der Waals surface area contributed by atoms with Crippen molar-refractivity contribution in [1.29, 1.82) is 0 Å². The van der Waals surface area contributed by atoms with Crippen molar-refractivity contribution in [2.75, 3.05) is 23.4 Å². The third-order valence-corrected chi connectivity index (χ3v) is 8.58. The Hall–Kier alpha value is -2.49. The topological polar surface area (TPSA) is 142 Å². The molecule has 35 heavy (non-hydrogen) atoms. The molecule has 4 N–H and O–H groups in total. The predicted molar refractivity (Wildman–Crippen MR) is 140 cm³/mol. The molecule has 0 saturated carbocycles. The predicted octanol–water partition coefficient (Wildman–Crippen LogP) is 4.34. The van der Waals surface area contributed by atoms with Crippen molar-refractivity contribution < 1.29 is 27.7 Å². The van der Waals surface area contributed by atoms with Crippen LogP contribution in [0.5, 0.6) is 11.6 Å². The summed E-state index contributed by atoms with van der Waals surface area (Å²) < 4.78 is 50.6. The Kier molecular flexibility index (Phi) is 7.37. The first-order valence-electron chi connectivity index (χ1n) is 11.4. The second kappa shape index (κ2) is 9.52. The van der Waals surface area contributed by atoms with Gasteiger partial charge in [-0.25, -0.2) is 8.42 Å². The summed E-state index contributed by atoms with van der Waals surface area (Å²) in [5.41, 5.74) is 0.659. The van der Waals surface area contributed by atoms with Gasteiger partial charge in [-0.15, -0.1) is 0 Å². The summed E-state index contributed by atoms with van der Waals surface area (Å²) in [4.78, 5) is 0. The van der Waals surface area contributed by atoms with Gasteiger partial charge >= 0.3 is 7.52 Å². The Bertz CT molecular complexity index is 1310. The molecular weight excluding hydrogens is 491 g/mol. The van der Waals surface area contributed by atoms with Crippen LogP contribution in [-0.2, 0) is 31.1 Å². The lowest BCUT2D eigenvalue weighted by molar-refractivity contribution is 0.369. The number of anilines is 2. The zero-order valence-electron chi connectivity index (χ0n) is 21.2. The normalized spacial score (nSPS) is 19.0. The minimum Gasteiger partial charge on any atom is -0.505 e. The Morgan fingerprint density at radius 3 is 2.49 bits per heavy atom. The average Bonchev–Trinajstić information content (AvgIpc) is 3.00. The number of hydrogen-bond acceptors (Lipinski definition) is 7. The molecule has 0 radical (unpaired) electrons. The molecule has 1 aliphatic rings. The van der Waals surface area contributed by atoms with Crippen molar-refractivity contribution in [2.24, 2.45) is 10.7 Å². The standard InChI is InChI=1S/C23H35N4O6PS/c1-8-14(2)11-12-27-20(23(3,4)5)19(28)18(22(27)29)21-24-16-10-9-15(26-35(7,31)32)13-17(16)34(30,25-21)33-6/h9-10,13-14,26,28-29H,8,11-12H2,1-7H3,(H,24,25,30). The van der Waals surface area contributed by atoms with E-state index < -0.39 is 23.0 Å². The summed E-state index contributed by atoms with van der Waals surface area (Å²) >= 11 is 0. The maximum atomic E-state index is 13.7. The summed E-state index contributed by atoms with van der Waals surface area (Å²) in [5, 5.41) is 25.7. The van der Waals surface area contributed by atoms with E-state index in [2.05, 4.69) is 28.6 Å². The third kappa shape index (κ3) is 5.52. The maximum Gasteiger partial charge on any atom is 0.348 e. The van der Waals surface area contributed by atoms with Crippen molar-refractivity contribution in [3.8, 4) is 11.6 Å². The number of aromatic nitrogens is 1. The van der Waals surface area contributed by atoms with Gasteiger partial charge in [0.25, 0.3) is 0 Å². The minimum absolute atomic E-state index is 0.00861. The summed E-state index contributed by atoms with van der Waals surface area (Å²) in [6, 6.07) is 4.45. The van der Waals surface area contributed by atoms with Crippen molar-refractivity contribution in [3.63, 3.8) is 0 Å². The lowest BCUT2D eigenvalue weighted by atomic mass is 9.90. The van der Waals surface area contributed by atoms with E-state index in [1.54, 1.807) is 10.6 Å². The fraction of sp³-hybridized carbons (Fsp3) is 0.522. The SMILES string of the molecule is CCC(C)CCn1c(O)c(C2=NP(=O)(OC)c3cc(NS(C)(=O)=O)ccc3N2)c(O)c1C(C)(C)C. The van der Waals surface area contributed by atoms with E-state index in [-0.39, 0.29) is 34.0 Å². The Balaban J connectivity index is 2.15. The van der Waals surface area contributed by atoms with Gasteiger partial charge in [0.1, 0.15) is 5.56 Å². The molecular formula is C23H35N4O6PS. The lowest BCUT2D eigenvalue weighted by Gasteiger charge is -2.24. The molecule has 0 bridgehead atoms. The van der Waals surface area contributed by atoms with E-state index in [0.717, 1.165) is 19.1 Å². The highest BCUT2D eigenvalue weighted by Crippen LogP contribution is 2.53. The minimum atomic E-state index is -3.86. The molecule has 2 unspecified atom stereocenters.